The van der Waals surface area contributed by atoms with Crippen LogP contribution in [-0.2, 0) is 4.79 Å². The number of ether oxygens (including phenoxy) is 2. The average Bonchev–Trinajstić information content (AvgIpc) is 2.51. The van der Waals surface area contributed by atoms with E-state index in [1.807, 2.05) is 6.92 Å². The van der Waals surface area contributed by atoms with Crippen molar-refractivity contribution in [2.45, 2.75) is 20.0 Å². The fraction of sp³-hybridized carbons (Fsp3) is 0.235. The van der Waals surface area contributed by atoms with Crippen molar-refractivity contribution in [3.8, 4) is 11.5 Å². The van der Waals surface area contributed by atoms with E-state index in [2.05, 4.69) is 5.32 Å². The van der Waals surface area contributed by atoms with Crippen LogP contribution in [0.1, 0.15) is 13.8 Å². The highest BCUT2D eigenvalue weighted by Gasteiger charge is 2.14. The van der Waals surface area contributed by atoms with Gasteiger partial charge in [-0.3, -0.25) is 4.79 Å². The van der Waals surface area contributed by atoms with Crippen LogP contribution >= 0.6 is 0 Å². The van der Waals surface area contributed by atoms with E-state index < -0.39 is 6.10 Å². The summed E-state index contributed by atoms with van der Waals surface area (Å²) in [5.41, 5.74) is 0.656. The molecule has 0 aliphatic heterocycles. The van der Waals surface area contributed by atoms with Gasteiger partial charge in [-0.2, -0.15) is 0 Å². The monoisotopic (exact) mass is 303 g/mol. The van der Waals surface area contributed by atoms with E-state index in [1.54, 1.807) is 31.2 Å². The number of carbonyl (C=O) groups excluding carboxylic acids is 1. The summed E-state index contributed by atoms with van der Waals surface area (Å²) in [5.74, 6) is 0.555. The van der Waals surface area contributed by atoms with Gasteiger partial charge in [-0.25, -0.2) is 4.39 Å². The Labute approximate surface area is 128 Å². The van der Waals surface area contributed by atoms with Gasteiger partial charge in [0.25, 0.3) is 5.91 Å². The Morgan fingerprint density at radius 2 is 1.68 bits per heavy atom. The summed E-state index contributed by atoms with van der Waals surface area (Å²) in [6.45, 7) is 4.13. The minimum atomic E-state index is -0.697. The molecule has 0 saturated heterocycles. The molecular weight excluding hydrogens is 285 g/mol. The number of rotatable bonds is 6. The highest BCUT2D eigenvalue weighted by atomic mass is 19.1. The number of amides is 1. The quantitative estimate of drug-likeness (QED) is 0.886. The standard InChI is InChI=1S/C17H18FNO3/c1-3-21-15-10-6-14(7-11-15)19-17(20)12(2)22-16-8-4-13(18)5-9-16/h4-12H,3H2,1-2H3,(H,19,20). The zero-order valence-corrected chi connectivity index (χ0v) is 12.5. The Bertz CT molecular complexity index is 611. The number of nitrogens with one attached hydrogen (secondary N) is 1. The molecule has 2 aromatic rings. The van der Waals surface area contributed by atoms with Crippen LogP contribution in [0.15, 0.2) is 48.5 Å². The predicted octanol–water partition coefficient (Wildman–Crippen LogP) is 3.63. The lowest BCUT2D eigenvalue weighted by molar-refractivity contribution is -0.122. The van der Waals surface area contributed by atoms with Gasteiger partial charge in [0.2, 0.25) is 0 Å². The second-order valence-electron chi connectivity index (χ2n) is 4.66. The summed E-state index contributed by atoms with van der Waals surface area (Å²) < 4.78 is 23.6. The summed E-state index contributed by atoms with van der Waals surface area (Å²) in [6.07, 6.45) is -0.697. The maximum absolute atomic E-state index is 12.8. The van der Waals surface area contributed by atoms with Crippen molar-refractivity contribution in [1.29, 1.82) is 0 Å². The van der Waals surface area contributed by atoms with Crippen LogP contribution in [0.25, 0.3) is 0 Å². The Balaban J connectivity index is 1.91. The zero-order chi connectivity index (χ0) is 15.9. The zero-order valence-electron chi connectivity index (χ0n) is 12.5. The van der Waals surface area contributed by atoms with Crippen molar-refractivity contribution in [3.63, 3.8) is 0 Å². The van der Waals surface area contributed by atoms with Crippen molar-refractivity contribution in [3.05, 3.63) is 54.3 Å². The molecule has 1 amide bonds. The van der Waals surface area contributed by atoms with Gasteiger partial charge in [0.15, 0.2) is 6.10 Å². The fourth-order valence-electron chi connectivity index (χ4n) is 1.82. The fourth-order valence-corrected chi connectivity index (χ4v) is 1.82. The summed E-state index contributed by atoms with van der Waals surface area (Å²) in [5, 5.41) is 2.75. The molecule has 0 radical (unpaired) electrons. The molecule has 116 valence electrons. The summed E-state index contributed by atoms with van der Waals surface area (Å²) in [6, 6.07) is 12.6. The lowest BCUT2D eigenvalue weighted by atomic mass is 10.2. The first-order valence-electron chi connectivity index (χ1n) is 7.04. The second-order valence-corrected chi connectivity index (χ2v) is 4.66. The number of benzene rings is 2. The predicted molar refractivity (Wildman–Crippen MR) is 82.7 cm³/mol. The van der Waals surface area contributed by atoms with Crippen molar-refractivity contribution >= 4 is 11.6 Å². The van der Waals surface area contributed by atoms with E-state index in [9.17, 15) is 9.18 Å². The van der Waals surface area contributed by atoms with Gasteiger partial charge in [-0.05, 0) is 62.4 Å². The first-order chi connectivity index (χ1) is 10.6. The topological polar surface area (TPSA) is 47.6 Å². The van der Waals surface area contributed by atoms with Gasteiger partial charge in [0, 0.05) is 5.69 Å². The maximum Gasteiger partial charge on any atom is 0.265 e. The Hall–Kier alpha value is -2.56. The van der Waals surface area contributed by atoms with Crippen molar-refractivity contribution < 1.29 is 18.7 Å². The van der Waals surface area contributed by atoms with Gasteiger partial charge < -0.3 is 14.8 Å². The van der Waals surface area contributed by atoms with Crippen LogP contribution in [0.4, 0.5) is 10.1 Å². The van der Waals surface area contributed by atoms with E-state index >= 15 is 0 Å². The lowest BCUT2D eigenvalue weighted by Gasteiger charge is -2.15. The van der Waals surface area contributed by atoms with Crippen molar-refractivity contribution in [2.24, 2.45) is 0 Å². The average molecular weight is 303 g/mol. The molecule has 4 nitrogen and oxygen atoms in total. The summed E-state index contributed by atoms with van der Waals surface area (Å²) >= 11 is 0. The molecule has 0 heterocycles. The molecule has 0 spiro atoms. The normalized spacial score (nSPS) is 11.6. The molecular formula is C17H18FNO3. The highest BCUT2D eigenvalue weighted by Crippen LogP contribution is 2.17. The number of hydrogen-bond acceptors (Lipinski definition) is 3. The number of halogens is 1. The minimum Gasteiger partial charge on any atom is -0.494 e. The summed E-state index contributed by atoms with van der Waals surface area (Å²) in [4.78, 5) is 12.1. The molecule has 0 aromatic heterocycles. The number of carbonyl (C=O) groups is 1. The van der Waals surface area contributed by atoms with Gasteiger partial charge in [0.05, 0.1) is 6.61 Å². The van der Waals surface area contributed by atoms with E-state index in [0.29, 0.717) is 18.0 Å². The van der Waals surface area contributed by atoms with Crippen LogP contribution in [0.3, 0.4) is 0 Å². The molecule has 2 aromatic carbocycles. The van der Waals surface area contributed by atoms with E-state index in [1.165, 1.54) is 24.3 Å². The smallest absolute Gasteiger partial charge is 0.265 e. The summed E-state index contributed by atoms with van der Waals surface area (Å²) in [7, 11) is 0. The number of hydrogen-bond donors (Lipinski definition) is 1. The van der Waals surface area contributed by atoms with Crippen LogP contribution in [0.5, 0.6) is 11.5 Å². The minimum absolute atomic E-state index is 0.284. The van der Waals surface area contributed by atoms with Crippen LogP contribution in [0.2, 0.25) is 0 Å². The molecule has 0 bridgehead atoms. The van der Waals surface area contributed by atoms with Gasteiger partial charge in [-0.15, -0.1) is 0 Å². The molecule has 1 unspecified atom stereocenters. The Morgan fingerprint density at radius 3 is 2.27 bits per heavy atom. The van der Waals surface area contributed by atoms with E-state index in [-0.39, 0.29) is 11.7 Å². The molecule has 0 aliphatic carbocycles. The third-order valence-corrected chi connectivity index (χ3v) is 2.93. The third kappa shape index (κ3) is 4.48. The SMILES string of the molecule is CCOc1ccc(NC(=O)C(C)Oc2ccc(F)cc2)cc1. The first kappa shape index (κ1) is 15.8. The van der Waals surface area contributed by atoms with Crippen LogP contribution in [-0.4, -0.2) is 18.6 Å². The molecule has 0 saturated carbocycles. The second kappa shape index (κ2) is 7.45. The molecule has 0 fully saturated rings. The van der Waals surface area contributed by atoms with Crippen molar-refractivity contribution in [1.82, 2.24) is 0 Å². The largest absolute Gasteiger partial charge is 0.494 e. The van der Waals surface area contributed by atoms with Gasteiger partial charge in [0.1, 0.15) is 17.3 Å². The Kier molecular flexibility index (Phi) is 5.36. The molecule has 1 N–H and O–H groups in total. The molecule has 5 heteroatoms. The van der Waals surface area contributed by atoms with Gasteiger partial charge in [-0.1, -0.05) is 0 Å². The third-order valence-electron chi connectivity index (χ3n) is 2.93. The first-order valence-corrected chi connectivity index (χ1v) is 7.04. The van der Waals surface area contributed by atoms with Crippen molar-refractivity contribution in [2.75, 3.05) is 11.9 Å². The molecule has 0 aliphatic rings. The molecule has 1 atom stereocenters. The number of anilines is 1. The van der Waals surface area contributed by atoms with E-state index in [0.717, 1.165) is 5.75 Å². The van der Waals surface area contributed by atoms with E-state index in [4.69, 9.17) is 9.47 Å². The van der Waals surface area contributed by atoms with Crippen LogP contribution in [0, 0.1) is 5.82 Å². The van der Waals surface area contributed by atoms with Gasteiger partial charge >= 0.3 is 0 Å². The maximum atomic E-state index is 12.8. The Morgan fingerprint density at radius 1 is 1.09 bits per heavy atom. The molecule has 2 rings (SSSR count). The highest BCUT2D eigenvalue weighted by molar-refractivity contribution is 5.94. The van der Waals surface area contributed by atoms with Crippen LogP contribution < -0.4 is 14.8 Å². The lowest BCUT2D eigenvalue weighted by Crippen LogP contribution is -2.30. The molecule has 22 heavy (non-hydrogen) atoms.